The Morgan fingerprint density at radius 1 is 1.50 bits per heavy atom. The number of nitro groups is 1. The van der Waals surface area contributed by atoms with Crippen LogP contribution in [0.15, 0.2) is 24.3 Å². The molecule has 2 unspecified atom stereocenters. The molecule has 20 heavy (non-hydrogen) atoms. The molecule has 1 N–H and O–H groups in total. The molecule has 2 rings (SSSR count). The summed E-state index contributed by atoms with van der Waals surface area (Å²) in [6, 6.07) is 6.46. The van der Waals surface area contributed by atoms with E-state index in [4.69, 9.17) is 0 Å². The number of nitrogens with zero attached hydrogens (tertiary/aromatic N) is 2. The summed E-state index contributed by atoms with van der Waals surface area (Å²) in [7, 11) is 0. The zero-order valence-corrected chi connectivity index (χ0v) is 12.2. The molecular weight excluding hydrogens is 278 g/mol. The first-order valence-corrected chi connectivity index (χ1v) is 7.72. The van der Waals surface area contributed by atoms with Gasteiger partial charge in [-0.2, -0.15) is 11.8 Å². The van der Waals surface area contributed by atoms with Gasteiger partial charge in [-0.1, -0.05) is 0 Å². The highest BCUT2D eigenvalue weighted by Crippen LogP contribution is 2.27. The molecule has 0 bridgehead atoms. The Hall–Kier alpha value is -1.60. The quantitative estimate of drug-likeness (QED) is 0.662. The van der Waals surface area contributed by atoms with Crippen LogP contribution in [0.5, 0.6) is 0 Å². The standard InChI is InChI=1S/C13H17N3O3S/c1-9(8-20-2)15-12(17)7-14-13(15)10-3-5-11(6-4-10)16(18)19/h3-6,9,13-14H,7-8H2,1-2H3. The first-order chi connectivity index (χ1) is 9.54. The summed E-state index contributed by atoms with van der Waals surface area (Å²) in [6.07, 6.45) is 1.80. The van der Waals surface area contributed by atoms with E-state index in [0.717, 1.165) is 11.3 Å². The minimum absolute atomic E-state index is 0.0572. The molecule has 0 aliphatic carbocycles. The summed E-state index contributed by atoms with van der Waals surface area (Å²) >= 11 is 1.69. The third kappa shape index (κ3) is 2.94. The molecule has 6 nitrogen and oxygen atoms in total. The third-order valence-electron chi connectivity index (χ3n) is 3.32. The summed E-state index contributed by atoms with van der Waals surface area (Å²) < 4.78 is 0. The van der Waals surface area contributed by atoms with Gasteiger partial charge in [-0.15, -0.1) is 0 Å². The van der Waals surface area contributed by atoms with Gasteiger partial charge in [0.05, 0.1) is 11.5 Å². The molecule has 1 aliphatic rings. The smallest absolute Gasteiger partial charge is 0.269 e. The average Bonchev–Trinajstić information content (AvgIpc) is 2.81. The maximum atomic E-state index is 12.0. The lowest BCUT2D eigenvalue weighted by molar-refractivity contribution is -0.384. The number of nitro benzene ring substituents is 1. The van der Waals surface area contributed by atoms with Gasteiger partial charge in [0.25, 0.3) is 5.69 Å². The largest absolute Gasteiger partial charge is 0.318 e. The Labute approximate surface area is 121 Å². The van der Waals surface area contributed by atoms with E-state index >= 15 is 0 Å². The number of hydrogen-bond donors (Lipinski definition) is 1. The molecule has 1 amide bonds. The predicted octanol–water partition coefficient (Wildman–Crippen LogP) is 1.78. The van der Waals surface area contributed by atoms with E-state index in [1.165, 1.54) is 12.1 Å². The number of carbonyl (C=O) groups excluding carboxylic acids is 1. The van der Waals surface area contributed by atoms with Crippen LogP contribution in [0.1, 0.15) is 18.7 Å². The molecule has 1 fully saturated rings. The van der Waals surface area contributed by atoms with Crippen LogP contribution >= 0.6 is 11.8 Å². The lowest BCUT2D eigenvalue weighted by Crippen LogP contribution is -2.39. The molecule has 0 spiro atoms. The van der Waals surface area contributed by atoms with Crippen LogP contribution in [0.2, 0.25) is 0 Å². The monoisotopic (exact) mass is 295 g/mol. The van der Waals surface area contributed by atoms with E-state index in [1.54, 1.807) is 23.9 Å². The fourth-order valence-corrected chi connectivity index (χ4v) is 3.04. The van der Waals surface area contributed by atoms with Gasteiger partial charge in [0.2, 0.25) is 5.91 Å². The molecule has 1 aromatic rings. The lowest BCUT2D eigenvalue weighted by Gasteiger charge is -2.30. The van der Waals surface area contributed by atoms with Crippen LogP contribution in [0.4, 0.5) is 5.69 Å². The van der Waals surface area contributed by atoms with Crippen LogP contribution < -0.4 is 5.32 Å². The SMILES string of the molecule is CSCC(C)N1C(=O)CNC1c1ccc([N+](=O)[O-])cc1. The highest BCUT2D eigenvalue weighted by atomic mass is 32.2. The molecule has 0 saturated carbocycles. The minimum Gasteiger partial charge on any atom is -0.318 e. The van der Waals surface area contributed by atoms with Crippen molar-refractivity contribution >= 4 is 23.4 Å². The van der Waals surface area contributed by atoms with Crippen molar-refractivity contribution in [1.82, 2.24) is 10.2 Å². The van der Waals surface area contributed by atoms with Crippen molar-refractivity contribution < 1.29 is 9.72 Å². The zero-order valence-electron chi connectivity index (χ0n) is 11.4. The Kier molecular flexibility index (Phi) is 4.61. The van der Waals surface area contributed by atoms with Gasteiger partial charge in [-0.25, -0.2) is 0 Å². The van der Waals surface area contributed by atoms with Crippen molar-refractivity contribution in [1.29, 1.82) is 0 Å². The second-order valence-electron chi connectivity index (χ2n) is 4.74. The maximum Gasteiger partial charge on any atom is 0.269 e. The summed E-state index contributed by atoms with van der Waals surface area (Å²) in [6.45, 7) is 2.32. The molecule has 108 valence electrons. The van der Waals surface area contributed by atoms with E-state index in [2.05, 4.69) is 5.32 Å². The Balaban J connectivity index is 2.21. The number of non-ortho nitro benzene ring substituents is 1. The zero-order chi connectivity index (χ0) is 14.7. The van der Waals surface area contributed by atoms with Crippen molar-refractivity contribution in [2.45, 2.75) is 19.1 Å². The Morgan fingerprint density at radius 3 is 2.70 bits per heavy atom. The van der Waals surface area contributed by atoms with Crippen molar-refractivity contribution in [3.05, 3.63) is 39.9 Å². The highest BCUT2D eigenvalue weighted by Gasteiger charge is 2.34. The van der Waals surface area contributed by atoms with Gasteiger partial charge in [-0.3, -0.25) is 20.2 Å². The second kappa shape index (κ2) is 6.23. The van der Waals surface area contributed by atoms with Crippen LogP contribution in [0.25, 0.3) is 0 Å². The molecule has 0 aromatic heterocycles. The normalized spacial score (nSPS) is 20.2. The van der Waals surface area contributed by atoms with Crippen molar-refractivity contribution in [3.8, 4) is 0 Å². The van der Waals surface area contributed by atoms with E-state index in [1.807, 2.05) is 18.1 Å². The summed E-state index contributed by atoms with van der Waals surface area (Å²) in [5.41, 5.74) is 0.927. The topological polar surface area (TPSA) is 75.5 Å². The van der Waals surface area contributed by atoms with Gasteiger partial charge >= 0.3 is 0 Å². The number of benzene rings is 1. The summed E-state index contributed by atoms with van der Waals surface area (Å²) in [5.74, 6) is 0.923. The fourth-order valence-electron chi connectivity index (χ4n) is 2.40. The van der Waals surface area contributed by atoms with Crippen LogP contribution in [0.3, 0.4) is 0 Å². The molecule has 1 saturated heterocycles. The Morgan fingerprint density at radius 2 is 2.15 bits per heavy atom. The lowest BCUT2D eigenvalue weighted by atomic mass is 10.1. The van der Waals surface area contributed by atoms with Gasteiger partial charge in [0, 0.05) is 23.9 Å². The molecule has 7 heteroatoms. The van der Waals surface area contributed by atoms with E-state index < -0.39 is 4.92 Å². The molecule has 2 atom stereocenters. The third-order valence-corrected chi connectivity index (χ3v) is 4.13. The van der Waals surface area contributed by atoms with Crippen molar-refractivity contribution in [2.24, 2.45) is 0 Å². The number of amides is 1. The van der Waals surface area contributed by atoms with Crippen LogP contribution in [0, 0.1) is 10.1 Å². The Bertz CT molecular complexity index is 506. The van der Waals surface area contributed by atoms with Gasteiger partial charge < -0.3 is 4.90 Å². The summed E-state index contributed by atoms with van der Waals surface area (Å²) in [5, 5.41) is 13.8. The second-order valence-corrected chi connectivity index (χ2v) is 5.65. The predicted molar refractivity (Wildman–Crippen MR) is 78.5 cm³/mol. The van der Waals surface area contributed by atoms with Crippen LogP contribution in [-0.4, -0.2) is 40.3 Å². The minimum atomic E-state index is -0.425. The molecule has 0 radical (unpaired) electrons. The highest BCUT2D eigenvalue weighted by molar-refractivity contribution is 7.98. The van der Waals surface area contributed by atoms with Crippen molar-refractivity contribution in [3.63, 3.8) is 0 Å². The first-order valence-electron chi connectivity index (χ1n) is 6.32. The molecule has 1 aliphatic heterocycles. The molecule has 1 aromatic carbocycles. The fraction of sp³-hybridized carbons (Fsp3) is 0.462. The number of rotatable bonds is 5. The van der Waals surface area contributed by atoms with Gasteiger partial charge in [-0.05, 0) is 30.9 Å². The van der Waals surface area contributed by atoms with Gasteiger partial charge in [0.1, 0.15) is 6.17 Å². The van der Waals surface area contributed by atoms with Gasteiger partial charge in [0.15, 0.2) is 0 Å². The molecular formula is C13H17N3O3S. The number of carbonyl (C=O) groups is 1. The van der Waals surface area contributed by atoms with E-state index in [0.29, 0.717) is 6.54 Å². The summed E-state index contributed by atoms with van der Waals surface area (Å²) in [4.78, 5) is 24.1. The average molecular weight is 295 g/mol. The van der Waals surface area contributed by atoms with E-state index in [9.17, 15) is 14.9 Å². The number of thioether (sulfide) groups is 1. The van der Waals surface area contributed by atoms with Crippen molar-refractivity contribution in [2.75, 3.05) is 18.6 Å². The number of hydrogen-bond acceptors (Lipinski definition) is 5. The maximum absolute atomic E-state index is 12.0. The van der Waals surface area contributed by atoms with Crippen LogP contribution in [-0.2, 0) is 4.79 Å². The number of nitrogens with one attached hydrogen (secondary N) is 1. The molecule has 1 heterocycles. The van der Waals surface area contributed by atoms with E-state index in [-0.39, 0.29) is 23.8 Å². The first kappa shape index (κ1) is 14.8.